The van der Waals surface area contributed by atoms with E-state index < -0.39 is 12.0 Å². The highest BCUT2D eigenvalue weighted by Gasteiger charge is 2.25. The van der Waals surface area contributed by atoms with Gasteiger partial charge in [-0.15, -0.1) is 0 Å². The molecule has 1 heterocycles. The Hall–Kier alpha value is -2.24. The van der Waals surface area contributed by atoms with Crippen LogP contribution in [0.3, 0.4) is 0 Å². The fraction of sp³-hybridized carbons (Fsp3) is 0.500. The molecule has 2 atom stereocenters. The average molecular weight is 307 g/mol. The number of rotatable bonds is 6. The number of carboxylic acids is 1. The van der Waals surface area contributed by atoms with Crippen LogP contribution >= 0.6 is 0 Å². The van der Waals surface area contributed by atoms with Gasteiger partial charge in [0.05, 0.1) is 6.42 Å². The lowest BCUT2D eigenvalue weighted by atomic mass is 9.99. The fourth-order valence-corrected chi connectivity index (χ4v) is 2.29. The summed E-state index contributed by atoms with van der Waals surface area (Å²) in [7, 11) is 0. The van der Waals surface area contributed by atoms with Gasteiger partial charge in [0.15, 0.2) is 11.5 Å². The highest BCUT2D eigenvalue weighted by atomic mass is 16.6. The predicted molar refractivity (Wildman–Crippen MR) is 80.2 cm³/mol. The van der Waals surface area contributed by atoms with Gasteiger partial charge in [-0.2, -0.15) is 0 Å². The van der Waals surface area contributed by atoms with E-state index in [1.54, 1.807) is 18.2 Å². The molecule has 1 amide bonds. The van der Waals surface area contributed by atoms with Crippen molar-refractivity contribution in [3.8, 4) is 11.5 Å². The van der Waals surface area contributed by atoms with Gasteiger partial charge in [-0.05, 0) is 23.6 Å². The van der Waals surface area contributed by atoms with Crippen LogP contribution in [-0.4, -0.2) is 36.2 Å². The SMILES string of the molecule is CC[C@H](C)[C@H](NC(=O)Cc1ccc2c(c1)OCCO2)C(=O)O. The van der Waals surface area contributed by atoms with Gasteiger partial charge in [-0.25, -0.2) is 4.79 Å². The summed E-state index contributed by atoms with van der Waals surface area (Å²) in [6.45, 7) is 4.70. The summed E-state index contributed by atoms with van der Waals surface area (Å²) >= 11 is 0. The zero-order valence-corrected chi connectivity index (χ0v) is 12.8. The van der Waals surface area contributed by atoms with E-state index in [-0.39, 0.29) is 18.2 Å². The van der Waals surface area contributed by atoms with E-state index in [0.717, 1.165) is 5.56 Å². The Morgan fingerprint density at radius 3 is 2.59 bits per heavy atom. The maximum absolute atomic E-state index is 12.1. The number of carboxylic acid groups (broad SMARTS) is 1. The molecular weight excluding hydrogens is 286 g/mol. The summed E-state index contributed by atoms with van der Waals surface area (Å²) in [5.74, 6) is -0.164. The van der Waals surface area contributed by atoms with Gasteiger partial charge < -0.3 is 19.9 Å². The van der Waals surface area contributed by atoms with Crippen LogP contribution in [0.15, 0.2) is 18.2 Å². The van der Waals surface area contributed by atoms with Crippen molar-refractivity contribution in [1.29, 1.82) is 0 Å². The normalized spacial score (nSPS) is 15.7. The Morgan fingerprint density at radius 1 is 1.27 bits per heavy atom. The molecule has 1 aromatic rings. The topological polar surface area (TPSA) is 84.9 Å². The van der Waals surface area contributed by atoms with Gasteiger partial charge in [-0.1, -0.05) is 26.3 Å². The summed E-state index contributed by atoms with van der Waals surface area (Å²) in [6, 6.07) is 4.44. The van der Waals surface area contributed by atoms with Crippen molar-refractivity contribution < 1.29 is 24.2 Å². The van der Waals surface area contributed by atoms with Crippen LogP contribution in [0.4, 0.5) is 0 Å². The van der Waals surface area contributed by atoms with E-state index in [1.807, 2.05) is 13.8 Å². The quantitative estimate of drug-likeness (QED) is 0.834. The molecule has 0 aliphatic carbocycles. The molecule has 0 fully saturated rings. The molecule has 0 saturated carbocycles. The molecule has 1 aliphatic heterocycles. The van der Waals surface area contributed by atoms with E-state index >= 15 is 0 Å². The zero-order chi connectivity index (χ0) is 16.1. The standard InChI is InChI=1S/C16H21NO5/c1-3-10(2)15(16(19)20)17-14(18)9-11-4-5-12-13(8-11)22-7-6-21-12/h4-5,8,10,15H,3,6-7,9H2,1-2H3,(H,17,18)(H,19,20)/t10-,15-/m0/s1. The number of carbonyl (C=O) groups excluding carboxylic acids is 1. The third-order valence-corrected chi connectivity index (χ3v) is 3.77. The second kappa shape index (κ2) is 7.15. The van der Waals surface area contributed by atoms with Crippen molar-refractivity contribution in [1.82, 2.24) is 5.32 Å². The minimum Gasteiger partial charge on any atom is -0.486 e. The Kier molecular flexibility index (Phi) is 5.25. The lowest BCUT2D eigenvalue weighted by Gasteiger charge is -2.21. The minimum atomic E-state index is -1.01. The van der Waals surface area contributed by atoms with Crippen molar-refractivity contribution in [2.45, 2.75) is 32.7 Å². The van der Waals surface area contributed by atoms with E-state index in [2.05, 4.69) is 5.32 Å². The molecule has 0 radical (unpaired) electrons. The summed E-state index contributed by atoms with van der Waals surface area (Å²) in [4.78, 5) is 23.3. The van der Waals surface area contributed by atoms with Crippen LogP contribution in [0.1, 0.15) is 25.8 Å². The van der Waals surface area contributed by atoms with Crippen LogP contribution in [0.5, 0.6) is 11.5 Å². The van der Waals surface area contributed by atoms with E-state index in [4.69, 9.17) is 9.47 Å². The molecule has 0 saturated heterocycles. The molecule has 0 aromatic heterocycles. The second-order valence-corrected chi connectivity index (χ2v) is 5.42. The first-order valence-corrected chi connectivity index (χ1v) is 7.42. The highest BCUT2D eigenvalue weighted by molar-refractivity contribution is 5.85. The number of amides is 1. The molecule has 0 bridgehead atoms. The van der Waals surface area contributed by atoms with Gasteiger partial charge in [0.1, 0.15) is 19.3 Å². The number of ether oxygens (including phenoxy) is 2. The summed E-state index contributed by atoms with van der Waals surface area (Å²) < 4.78 is 10.9. The molecule has 0 unspecified atom stereocenters. The molecule has 1 aromatic carbocycles. The molecule has 2 N–H and O–H groups in total. The van der Waals surface area contributed by atoms with Crippen LogP contribution < -0.4 is 14.8 Å². The Balaban J connectivity index is 2.00. The number of hydrogen-bond acceptors (Lipinski definition) is 4. The van der Waals surface area contributed by atoms with Gasteiger partial charge in [0.25, 0.3) is 0 Å². The first-order valence-electron chi connectivity index (χ1n) is 7.42. The van der Waals surface area contributed by atoms with Crippen LogP contribution in [0.2, 0.25) is 0 Å². The van der Waals surface area contributed by atoms with E-state index in [1.165, 1.54) is 0 Å². The van der Waals surface area contributed by atoms with Crippen molar-refractivity contribution in [2.75, 3.05) is 13.2 Å². The van der Waals surface area contributed by atoms with E-state index in [0.29, 0.717) is 31.1 Å². The first-order chi connectivity index (χ1) is 10.5. The molecule has 1 aliphatic rings. The summed E-state index contributed by atoms with van der Waals surface area (Å²) in [6.07, 6.45) is 0.790. The zero-order valence-electron chi connectivity index (χ0n) is 12.8. The molecule has 120 valence electrons. The summed E-state index contributed by atoms with van der Waals surface area (Å²) in [5, 5.41) is 11.8. The van der Waals surface area contributed by atoms with Gasteiger partial charge >= 0.3 is 5.97 Å². The third kappa shape index (κ3) is 3.90. The van der Waals surface area contributed by atoms with Gasteiger partial charge in [0, 0.05) is 0 Å². The lowest BCUT2D eigenvalue weighted by Crippen LogP contribution is -2.45. The van der Waals surface area contributed by atoms with Gasteiger partial charge in [0.2, 0.25) is 5.91 Å². The Morgan fingerprint density at radius 2 is 1.95 bits per heavy atom. The number of carbonyl (C=O) groups is 2. The monoisotopic (exact) mass is 307 g/mol. The number of benzene rings is 1. The summed E-state index contributed by atoms with van der Waals surface area (Å²) in [5.41, 5.74) is 0.759. The predicted octanol–water partition coefficient (Wildman–Crippen LogP) is 1.62. The maximum atomic E-state index is 12.1. The number of hydrogen-bond donors (Lipinski definition) is 2. The molecule has 2 rings (SSSR count). The van der Waals surface area contributed by atoms with Crippen LogP contribution in [-0.2, 0) is 16.0 Å². The smallest absolute Gasteiger partial charge is 0.326 e. The third-order valence-electron chi connectivity index (χ3n) is 3.77. The Bertz CT molecular complexity index is 557. The van der Waals surface area contributed by atoms with Crippen LogP contribution in [0.25, 0.3) is 0 Å². The first kappa shape index (κ1) is 16.1. The molecular formula is C16H21NO5. The Labute approximate surface area is 129 Å². The van der Waals surface area contributed by atoms with Crippen molar-refractivity contribution in [3.63, 3.8) is 0 Å². The molecule has 22 heavy (non-hydrogen) atoms. The van der Waals surface area contributed by atoms with E-state index in [9.17, 15) is 14.7 Å². The van der Waals surface area contributed by atoms with Crippen molar-refractivity contribution in [3.05, 3.63) is 23.8 Å². The number of fused-ring (bicyclic) bond motifs is 1. The van der Waals surface area contributed by atoms with Crippen LogP contribution in [0, 0.1) is 5.92 Å². The average Bonchev–Trinajstić information content (AvgIpc) is 2.51. The highest BCUT2D eigenvalue weighted by Crippen LogP contribution is 2.30. The molecule has 6 heteroatoms. The van der Waals surface area contributed by atoms with Gasteiger partial charge in [-0.3, -0.25) is 4.79 Å². The molecule has 6 nitrogen and oxygen atoms in total. The second-order valence-electron chi connectivity index (χ2n) is 5.42. The largest absolute Gasteiger partial charge is 0.486 e. The number of nitrogens with one attached hydrogen (secondary N) is 1. The minimum absolute atomic E-state index is 0.108. The molecule has 0 spiro atoms. The van der Waals surface area contributed by atoms with Crippen molar-refractivity contribution in [2.24, 2.45) is 5.92 Å². The number of aliphatic carboxylic acids is 1. The fourth-order valence-electron chi connectivity index (χ4n) is 2.29. The van der Waals surface area contributed by atoms with Crippen molar-refractivity contribution >= 4 is 11.9 Å². The lowest BCUT2D eigenvalue weighted by molar-refractivity contribution is -0.143. The maximum Gasteiger partial charge on any atom is 0.326 e.